The summed E-state index contributed by atoms with van der Waals surface area (Å²) in [4.78, 5) is 49.8. The Morgan fingerprint density at radius 1 is 0.891 bits per heavy atom. The molecule has 0 N–H and O–H groups in total. The molecule has 2 saturated heterocycles. The Labute approximate surface area is 277 Å². The first-order valence-corrected chi connectivity index (χ1v) is 16.0. The number of morpholine rings is 2. The van der Waals surface area contributed by atoms with Crippen LogP contribution >= 0.6 is 23.2 Å². The fraction of sp³-hybridized carbons (Fsp3) is 0.353. The number of carbonyl (C=O) groups excluding carboxylic acids is 2. The maximum Gasteiger partial charge on any atom is 0.269 e. The average Bonchev–Trinajstić information content (AvgIpc) is 3.09. The zero-order valence-corrected chi connectivity index (χ0v) is 27.0. The number of hydrogen-bond donors (Lipinski definition) is 0. The van der Waals surface area contributed by atoms with Crippen LogP contribution in [0.25, 0.3) is 22.2 Å². The van der Waals surface area contributed by atoms with E-state index in [4.69, 9.17) is 32.7 Å². The molecule has 2 amide bonds. The number of halogens is 2. The molecule has 2 aliphatic rings. The first kappa shape index (κ1) is 32.2. The fourth-order valence-electron chi connectivity index (χ4n) is 5.90. The molecule has 0 saturated carbocycles. The quantitative estimate of drug-likeness (QED) is 0.276. The van der Waals surface area contributed by atoms with Crippen molar-refractivity contribution in [1.29, 1.82) is 0 Å². The van der Waals surface area contributed by atoms with Crippen LogP contribution in [0.3, 0.4) is 0 Å². The van der Waals surface area contributed by atoms with Crippen molar-refractivity contribution < 1.29 is 19.1 Å². The summed E-state index contributed by atoms with van der Waals surface area (Å²) >= 11 is 12.4. The van der Waals surface area contributed by atoms with Gasteiger partial charge in [0.25, 0.3) is 11.5 Å². The molecule has 12 heteroatoms. The molecule has 0 radical (unpaired) electrons. The molecular formula is C34H35Cl2N5O5. The minimum absolute atomic E-state index is 0.000987. The van der Waals surface area contributed by atoms with Gasteiger partial charge in [-0.1, -0.05) is 59.6 Å². The van der Waals surface area contributed by atoms with E-state index in [1.165, 1.54) is 10.8 Å². The topological polar surface area (TPSA) is 97.2 Å². The number of likely N-dealkylation sites (N-methyl/N-ethyl adjacent to an activating group) is 1. The first-order valence-electron chi connectivity index (χ1n) is 15.3. The fourth-order valence-corrected chi connectivity index (χ4v) is 6.22. The van der Waals surface area contributed by atoms with Crippen molar-refractivity contribution in [1.82, 2.24) is 24.3 Å². The maximum absolute atomic E-state index is 13.8. The number of nitrogens with zero attached hydrogens (tertiary/aromatic N) is 5. The molecular weight excluding hydrogens is 629 g/mol. The van der Waals surface area contributed by atoms with Crippen molar-refractivity contribution in [3.8, 4) is 11.1 Å². The molecule has 2 fully saturated rings. The molecule has 46 heavy (non-hydrogen) atoms. The summed E-state index contributed by atoms with van der Waals surface area (Å²) in [6, 6.07) is 18.6. The van der Waals surface area contributed by atoms with E-state index in [0.717, 1.165) is 29.8 Å². The number of ether oxygens (including phenoxy) is 2. The molecule has 240 valence electrons. The first-order chi connectivity index (χ1) is 22.3. The van der Waals surface area contributed by atoms with E-state index < -0.39 is 5.56 Å². The molecule has 3 aromatic carbocycles. The number of fused-ring (bicyclic) bond motifs is 1. The second kappa shape index (κ2) is 14.3. The lowest BCUT2D eigenvalue weighted by atomic mass is 9.98. The highest BCUT2D eigenvalue weighted by Crippen LogP contribution is 2.29. The largest absolute Gasteiger partial charge is 0.379 e. The third-order valence-electron chi connectivity index (χ3n) is 8.61. The van der Waals surface area contributed by atoms with Gasteiger partial charge in [0.05, 0.1) is 59.7 Å². The Kier molecular flexibility index (Phi) is 10.0. The number of rotatable bonds is 8. The number of hydrogen-bond acceptors (Lipinski definition) is 7. The maximum atomic E-state index is 13.8. The lowest BCUT2D eigenvalue weighted by Crippen LogP contribution is -2.45. The van der Waals surface area contributed by atoms with E-state index in [0.29, 0.717) is 67.7 Å². The van der Waals surface area contributed by atoms with Gasteiger partial charge in [-0.25, -0.2) is 4.98 Å². The molecule has 10 nitrogen and oxygen atoms in total. The van der Waals surface area contributed by atoms with Crippen molar-refractivity contribution >= 4 is 46.0 Å². The Hall–Kier alpha value is -3.80. The van der Waals surface area contributed by atoms with Crippen LogP contribution in [0.5, 0.6) is 0 Å². The van der Waals surface area contributed by atoms with Gasteiger partial charge in [-0.2, -0.15) is 0 Å². The van der Waals surface area contributed by atoms with Crippen LogP contribution in [0.15, 0.2) is 71.7 Å². The lowest BCUT2D eigenvalue weighted by molar-refractivity contribution is -0.133. The van der Waals surface area contributed by atoms with Crippen molar-refractivity contribution in [3.63, 3.8) is 0 Å². The van der Waals surface area contributed by atoms with Gasteiger partial charge in [0, 0.05) is 45.3 Å². The molecule has 0 spiro atoms. The van der Waals surface area contributed by atoms with Crippen LogP contribution in [0.2, 0.25) is 10.0 Å². The van der Waals surface area contributed by atoms with Crippen molar-refractivity contribution in [2.24, 2.45) is 0 Å². The van der Waals surface area contributed by atoms with Crippen LogP contribution in [-0.4, -0.2) is 102 Å². The summed E-state index contributed by atoms with van der Waals surface area (Å²) in [6.07, 6.45) is 1.19. The number of amides is 2. The number of carbonyl (C=O) groups is 2. The van der Waals surface area contributed by atoms with E-state index in [9.17, 15) is 14.4 Å². The number of aromatic nitrogens is 2. The van der Waals surface area contributed by atoms with Crippen molar-refractivity contribution in [2.45, 2.75) is 12.6 Å². The van der Waals surface area contributed by atoms with E-state index in [2.05, 4.69) is 9.88 Å². The summed E-state index contributed by atoms with van der Waals surface area (Å²) < 4.78 is 12.3. The molecule has 0 aliphatic carbocycles. The predicted molar refractivity (Wildman–Crippen MR) is 177 cm³/mol. The van der Waals surface area contributed by atoms with Crippen LogP contribution in [0, 0.1) is 0 Å². The molecule has 0 bridgehead atoms. The molecule has 1 aromatic heterocycles. The van der Waals surface area contributed by atoms with Crippen molar-refractivity contribution in [3.05, 3.63) is 98.4 Å². The summed E-state index contributed by atoms with van der Waals surface area (Å²) in [5.41, 5.74) is 3.99. The normalized spacial score (nSPS) is 16.4. The monoisotopic (exact) mass is 663 g/mol. The molecule has 1 atom stereocenters. The van der Waals surface area contributed by atoms with Gasteiger partial charge in [0.15, 0.2) is 0 Å². The van der Waals surface area contributed by atoms with Crippen LogP contribution in [0.4, 0.5) is 0 Å². The third-order valence-corrected chi connectivity index (χ3v) is 9.34. The second-order valence-corrected chi connectivity index (χ2v) is 12.3. The molecule has 3 heterocycles. The molecule has 1 unspecified atom stereocenters. The van der Waals surface area contributed by atoms with Crippen LogP contribution in [-0.2, 0) is 20.8 Å². The van der Waals surface area contributed by atoms with Gasteiger partial charge in [0.2, 0.25) is 5.91 Å². The smallest absolute Gasteiger partial charge is 0.269 e. The van der Waals surface area contributed by atoms with E-state index >= 15 is 0 Å². The predicted octanol–water partition coefficient (Wildman–Crippen LogP) is 4.37. The van der Waals surface area contributed by atoms with E-state index in [1.54, 1.807) is 24.1 Å². The lowest BCUT2D eigenvalue weighted by Gasteiger charge is -2.35. The SMILES string of the molecule is CN(C(=O)Cn1c(=O)cnc2cc(Cl)c(Cl)cc21)C(CN1CCOCC1)c1ccc(-c2cccc(C(=O)N3CCOCC3)c2)cc1. The zero-order valence-electron chi connectivity index (χ0n) is 25.5. The van der Waals surface area contributed by atoms with E-state index in [-0.39, 0.29) is 29.4 Å². The summed E-state index contributed by atoms with van der Waals surface area (Å²) in [7, 11) is 1.76. The summed E-state index contributed by atoms with van der Waals surface area (Å²) in [6.45, 7) is 5.46. The molecule has 6 rings (SSSR count). The third kappa shape index (κ3) is 7.11. The molecule has 2 aliphatic heterocycles. The Bertz CT molecular complexity index is 1790. The van der Waals surface area contributed by atoms with Crippen molar-refractivity contribution in [2.75, 3.05) is 66.2 Å². The summed E-state index contributed by atoms with van der Waals surface area (Å²) in [5, 5.41) is 0.595. The second-order valence-electron chi connectivity index (χ2n) is 11.5. The average molecular weight is 665 g/mol. The highest BCUT2D eigenvalue weighted by atomic mass is 35.5. The highest BCUT2D eigenvalue weighted by Gasteiger charge is 2.26. The van der Waals surface area contributed by atoms with Crippen LogP contribution < -0.4 is 5.56 Å². The zero-order chi connectivity index (χ0) is 32.2. The minimum atomic E-state index is -0.406. The Morgan fingerprint density at radius 3 is 2.28 bits per heavy atom. The Balaban J connectivity index is 1.26. The van der Waals surface area contributed by atoms with E-state index in [1.807, 2.05) is 53.4 Å². The summed E-state index contributed by atoms with van der Waals surface area (Å²) in [5.74, 6) is -0.240. The van der Waals surface area contributed by atoms with Crippen LogP contribution in [0.1, 0.15) is 22.0 Å². The molecule has 4 aromatic rings. The van der Waals surface area contributed by atoms with Gasteiger partial charge in [0.1, 0.15) is 6.54 Å². The highest BCUT2D eigenvalue weighted by molar-refractivity contribution is 6.42. The van der Waals surface area contributed by atoms with Gasteiger partial charge >= 0.3 is 0 Å². The Morgan fingerprint density at radius 2 is 1.57 bits per heavy atom. The minimum Gasteiger partial charge on any atom is -0.379 e. The van der Waals surface area contributed by atoms with Gasteiger partial charge in [-0.15, -0.1) is 0 Å². The standard InChI is InChI=1S/C34H35Cl2N5O5/c1-38(33(43)22-41-30-19-28(36)27(35)18-29(30)37-20-32(41)42)31(21-39-9-13-45-14-10-39)24-7-5-23(6-8-24)25-3-2-4-26(17-25)34(44)40-11-15-46-16-12-40/h2-8,17-20,31H,9-16,21-22H2,1H3. The van der Waals surface area contributed by atoms with Gasteiger partial charge < -0.3 is 19.3 Å². The van der Waals surface area contributed by atoms with Gasteiger partial charge in [-0.3, -0.25) is 23.9 Å². The van der Waals surface area contributed by atoms with Gasteiger partial charge in [-0.05, 0) is 41.0 Å². The number of benzene rings is 3.